The molecule has 0 bridgehead atoms. The number of fused-ring (bicyclic) bond motifs is 11. The maximum absolute atomic E-state index is 2.45. The minimum absolute atomic E-state index is 1.23. The Morgan fingerprint density at radius 1 is 0.280 bits per heavy atom. The van der Waals surface area contributed by atoms with Gasteiger partial charge in [-0.05, 0) is 83.9 Å². The van der Waals surface area contributed by atoms with E-state index in [9.17, 15) is 0 Å². The van der Waals surface area contributed by atoms with Crippen LogP contribution in [0.1, 0.15) is 0 Å². The average Bonchev–Trinajstić information content (AvgIpc) is 3.76. The number of benzene rings is 9. The summed E-state index contributed by atoms with van der Waals surface area (Å²) < 4.78 is 5.47. The van der Waals surface area contributed by atoms with Crippen LogP contribution in [0.5, 0.6) is 0 Å². The van der Waals surface area contributed by atoms with Crippen LogP contribution in [0.25, 0.3) is 106 Å². The molecule has 2 aromatic heterocycles. The van der Waals surface area contributed by atoms with Crippen molar-refractivity contribution in [2.45, 2.75) is 0 Å². The molecule has 2 heterocycles. The molecule has 2 heteroatoms. The van der Waals surface area contributed by atoms with E-state index in [1.165, 1.54) is 106 Å². The lowest BCUT2D eigenvalue weighted by molar-refractivity contribution is 1.61. The maximum Gasteiger partial charge on any atom is 0.0448 e. The number of rotatable bonds is 3. The van der Waals surface area contributed by atoms with Crippen LogP contribution in [0.4, 0.5) is 0 Å². The van der Waals surface area contributed by atoms with Crippen LogP contribution in [0.15, 0.2) is 170 Å². The van der Waals surface area contributed by atoms with Gasteiger partial charge in [0, 0.05) is 40.3 Å². The third kappa shape index (κ3) is 4.10. The molecule has 0 amide bonds. The first kappa shape index (κ1) is 28.1. The van der Waals surface area contributed by atoms with Gasteiger partial charge in [0.2, 0.25) is 0 Å². The van der Waals surface area contributed by atoms with Gasteiger partial charge in [-0.3, -0.25) is 0 Å². The Kier molecular flexibility index (Phi) is 6.09. The van der Waals surface area contributed by atoms with Crippen LogP contribution < -0.4 is 0 Å². The van der Waals surface area contributed by atoms with E-state index in [1.54, 1.807) is 0 Å². The Hall–Kier alpha value is -5.80. The molecule has 0 saturated carbocycles. The molecule has 11 aromatic rings. The third-order valence-corrected chi connectivity index (χ3v) is 12.9. The first-order valence-electron chi connectivity index (χ1n) is 17.1. The van der Waals surface area contributed by atoms with E-state index in [2.05, 4.69) is 170 Å². The highest BCUT2D eigenvalue weighted by Gasteiger charge is 2.19. The first-order valence-corrected chi connectivity index (χ1v) is 18.7. The van der Waals surface area contributed by atoms with E-state index >= 15 is 0 Å². The molecule has 11 rings (SSSR count). The van der Waals surface area contributed by atoms with E-state index in [0.717, 1.165) is 0 Å². The predicted octanol–water partition coefficient (Wildman–Crippen LogP) is 14.9. The van der Waals surface area contributed by atoms with Crippen molar-refractivity contribution in [2.75, 3.05) is 0 Å². The molecule has 0 nitrogen and oxygen atoms in total. The Balaban J connectivity index is 1.14. The minimum atomic E-state index is 1.23. The Bertz CT molecular complexity index is 3070. The van der Waals surface area contributed by atoms with E-state index in [1.807, 2.05) is 22.7 Å². The van der Waals surface area contributed by atoms with Crippen molar-refractivity contribution in [3.63, 3.8) is 0 Å². The summed E-state index contributed by atoms with van der Waals surface area (Å²) in [5.41, 5.74) is 7.56. The van der Waals surface area contributed by atoms with E-state index < -0.39 is 0 Å². The molecule has 0 atom stereocenters. The monoisotopic (exact) mass is 668 g/mol. The summed E-state index contributed by atoms with van der Waals surface area (Å²) in [6, 6.07) is 62.9. The van der Waals surface area contributed by atoms with Gasteiger partial charge >= 0.3 is 0 Å². The second-order valence-electron chi connectivity index (χ2n) is 13.2. The zero-order chi connectivity index (χ0) is 32.8. The zero-order valence-corrected chi connectivity index (χ0v) is 28.6. The molecular weight excluding hydrogens is 641 g/mol. The lowest BCUT2D eigenvalue weighted by Crippen LogP contribution is -1.91. The normalized spacial score (nSPS) is 12.0. The third-order valence-electron chi connectivity index (χ3n) is 10.5. The van der Waals surface area contributed by atoms with Gasteiger partial charge in [0.25, 0.3) is 0 Å². The molecule has 0 N–H and O–H groups in total. The van der Waals surface area contributed by atoms with Gasteiger partial charge in [-0.1, -0.05) is 152 Å². The summed E-state index contributed by atoms with van der Waals surface area (Å²) >= 11 is 3.86. The summed E-state index contributed by atoms with van der Waals surface area (Å²) in [7, 11) is 0. The van der Waals surface area contributed by atoms with Gasteiger partial charge in [0.05, 0.1) is 0 Å². The highest BCUT2D eigenvalue weighted by Crippen LogP contribution is 2.48. The fraction of sp³-hybridized carbons (Fsp3) is 0. The Labute approximate surface area is 297 Å². The lowest BCUT2D eigenvalue weighted by atomic mass is 9.85. The summed E-state index contributed by atoms with van der Waals surface area (Å²) in [6.07, 6.45) is 0. The van der Waals surface area contributed by atoms with E-state index in [0.29, 0.717) is 0 Å². The SMILES string of the molecule is c1ccc(-c2ccc(-c3c4ccccc4c(-c4ccc5sc6c(ccc7sc8c9ccccc9ccc8c76)c5c4)c4ccccc34)cc2)cc1. The second-order valence-corrected chi connectivity index (χ2v) is 15.3. The fourth-order valence-corrected chi connectivity index (χ4v) is 10.7. The quantitative estimate of drug-likeness (QED) is 0.164. The number of hydrogen-bond acceptors (Lipinski definition) is 2. The Morgan fingerprint density at radius 3 is 1.52 bits per heavy atom. The summed E-state index contributed by atoms with van der Waals surface area (Å²) in [5, 5.41) is 13.2. The smallest absolute Gasteiger partial charge is 0.0448 e. The van der Waals surface area contributed by atoms with Gasteiger partial charge in [0.15, 0.2) is 0 Å². The highest BCUT2D eigenvalue weighted by molar-refractivity contribution is 7.30. The molecule has 0 aliphatic carbocycles. The molecular formula is C48H28S2. The van der Waals surface area contributed by atoms with Crippen molar-refractivity contribution in [1.29, 1.82) is 0 Å². The predicted molar refractivity (Wildman–Crippen MR) is 221 cm³/mol. The van der Waals surface area contributed by atoms with Crippen molar-refractivity contribution in [1.82, 2.24) is 0 Å². The maximum atomic E-state index is 2.45. The standard InChI is InChI=1S/C48H28S2/c1-2-10-29(11-3-1)30-18-20-32(21-19-30)44-35-14-6-8-16-37(35)45(38-17-9-7-15-36(38)44)33-23-26-42-41(28-33)39-25-27-43-46(48(39)49-42)40-24-22-31-12-4-5-13-34(31)47(40)50-43/h1-28H. The molecule has 9 aromatic carbocycles. The molecule has 0 saturated heterocycles. The van der Waals surface area contributed by atoms with E-state index in [4.69, 9.17) is 0 Å². The van der Waals surface area contributed by atoms with Crippen LogP contribution in [0.3, 0.4) is 0 Å². The van der Waals surface area contributed by atoms with Crippen LogP contribution in [0.2, 0.25) is 0 Å². The zero-order valence-electron chi connectivity index (χ0n) is 27.0. The lowest BCUT2D eigenvalue weighted by Gasteiger charge is -2.18. The van der Waals surface area contributed by atoms with Gasteiger partial charge in [0.1, 0.15) is 0 Å². The van der Waals surface area contributed by atoms with Crippen molar-refractivity contribution in [3.8, 4) is 33.4 Å². The highest BCUT2D eigenvalue weighted by atomic mass is 32.1. The summed E-state index contributed by atoms with van der Waals surface area (Å²) in [6.45, 7) is 0. The molecule has 0 radical (unpaired) electrons. The Morgan fingerprint density at radius 2 is 0.800 bits per heavy atom. The second kappa shape index (κ2) is 10.9. The molecule has 0 fully saturated rings. The van der Waals surface area contributed by atoms with E-state index in [-0.39, 0.29) is 0 Å². The van der Waals surface area contributed by atoms with Crippen LogP contribution in [0, 0.1) is 0 Å². The van der Waals surface area contributed by atoms with Crippen LogP contribution >= 0.6 is 22.7 Å². The summed E-state index contributed by atoms with van der Waals surface area (Å²) in [5.74, 6) is 0. The number of thiophene rings is 2. The summed E-state index contributed by atoms with van der Waals surface area (Å²) in [4.78, 5) is 0. The van der Waals surface area contributed by atoms with Crippen molar-refractivity contribution in [3.05, 3.63) is 170 Å². The minimum Gasteiger partial charge on any atom is -0.134 e. The van der Waals surface area contributed by atoms with Crippen molar-refractivity contribution >= 4 is 95.3 Å². The topological polar surface area (TPSA) is 0 Å². The van der Waals surface area contributed by atoms with Crippen LogP contribution in [-0.2, 0) is 0 Å². The molecule has 0 unspecified atom stereocenters. The first-order chi connectivity index (χ1) is 24.8. The molecule has 50 heavy (non-hydrogen) atoms. The largest absolute Gasteiger partial charge is 0.134 e. The van der Waals surface area contributed by atoms with Gasteiger partial charge in [-0.15, -0.1) is 22.7 Å². The average molecular weight is 669 g/mol. The number of hydrogen-bond donors (Lipinski definition) is 0. The fourth-order valence-electron chi connectivity index (χ4n) is 8.19. The van der Waals surface area contributed by atoms with Gasteiger partial charge in [-0.25, -0.2) is 0 Å². The van der Waals surface area contributed by atoms with Crippen molar-refractivity contribution < 1.29 is 0 Å². The molecule has 0 spiro atoms. The van der Waals surface area contributed by atoms with Gasteiger partial charge in [-0.2, -0.15) is 0 Å². The van der Waals surface area contributed by atoms with Crippen molar-refractivity contribution in [2.24, 2.45) is 0 Å². The molecule has 0 aliphatic rings. The molecule has 232 valence electrons. The molecule has 0 aliphatic heterocycles. The van der Waals surface area contributed by atoms with Crippen LogP contribution in [-0.4, -0.2) is 0 Å². The van der Waals surface area contributed by atoms with Gasteiger partial charge < -0.3 is 0 Å².